The highest BCUT2D eigenvalue weighted by Gasteiger charge is 2.34. The molecule has 1 N–H and O–H groups in total. The lowest BCUT2D eigenvalue weighted by molar-refractivity contribution is 0.0179. The van der Waals surface area contributed by atoms with Gasteiger partial charge in [0.2, 0.25) is 0 Å². The van der Waals surface area contributed by atoms with Crippen molar-refractivity contribution < 1.29 is 4.74 Å². The lowest BCUT2D eigenvalue weighted by atomic mass is 10.2. The van der Waals surface area contributed by atoms with Crippen LogP contribution in [-0.4, -0.2) is 49.8 Å². The zero-order chi connectivity index (χ0) is 7.68. The van der Waals surface area contributed by atoms with Gasteiger partial charge in [-0.3, -0.25) is 4.90 Å². The standard InChI is InChI=1S/C8H16N2O/c1-2-10-5-7-8(6-10)11-4-3-9-7/h7-9H,2-6H2,1H3/t7-,8+/m0/s1. The van der Waals surface area contributed by atoms with Crippen LogP contribution in [0, 0.1) is 0 Å². The molecule has 0 aliphatic carbocycles. The summed E-state index contributed by atoms with van der Waals surface area (Å²) in [5.41, 5.74) is 0. The maximum Gasteiger partial charge on any atom is 0.0867 e. The van der Waals surface area contributed by atoms with Gasteiger partial charge in [-0.15, -0.1) is 0 Å². The molecular formula is C8H16N2O. The summed E-state index contributed by atoms with van der Waals surface area (Å²) in [6, 6.07) is 0.601. The monoisotopic (exact) mass is 156 g/mol. The molecule has 0 radical (unpaired) electrons. The van der Waals surface area contributed by atoms with Crippen molar-refractivity contribution in [2.75, 3.05) is 32.8 Å². The summed E-state index contributed by atoms with van der Waals surface area (Å²) in [5.74, 6) is 0. The molecule has 3 nitrogen and oxygen atoms in total. The Morgan fingerprint density at radius 1 is 1.55 bits per heavy atom. The van der Waals surface area contributed by atoms with Gasteiger partial charge in [0.05, 0.1) is 12.7 Å². The second-order valence-corrected chi connectivity index (χ2v) is 3.32. The van der Waals surface area contributed by atoms with Crippen LogP contribution in [0.4, 0.5) is 0 Å². The zero-order valence-corrected chi connectivity index (χ0v) is 7.05. The summed E-state index contributed by atoms with van der Waals surface area (Å²) in [6.45, 7) is 7.56. The van der Waals surface area contributed by atoms with E-state index in [-0.39, 0.29) is 0 Å². The van der Waals surface area contributed by atoms with Gasteiger partial charge in [0, 0.05) is 25.7 Å². The molecule has 2 heterocycles. The Bertz CT molecular complexity index is 126. The van der Waals surface area contributed by atoms with Gasteiger partial charge in [-0.1, -0.05) is 6.92 Å². The van der Waals surface area contributed by atoms with E-state index in [1.165, 1.54) is 6.54 Å². The van der Waals surface area contributed by atoms with Gasteiger partial charge >= 0.3 is 0 Å². The Balaban J connectivity index is 1.92. The minimum atomic E-state index is 0.462. The van der Waals surface area contributed by atoms with E-state index >= 15 is 0 Å². The number of fused-ring (bicyclic) bond motifs is 1. The molecule has 0 bridgehead atoms. The Morgan fingerprint density at radius 2 is 2.45 bits per heavy atom. The fourth-order valence-corrected chi connectivity index (χ4v) is 1.93. The van der Waals surface area contributed by atoms with E-state index in [9.17, 15) is 0 Å². The van der Waals surface area contributed by atoms with Gasteiger partial charge in [0.25, 0.3) is 0 Å². The van der Waals surface area contributed by atoms with E-state index in [1.807, 2.05) is 0 Å². The summed E-state index contributed by atoms with van der Waals surface area (Å²) in [5, 5.41) is 3.48. The van der Waals surface area contributed by atoms with Crippen LogP contribution in [0.1, 0.15) is 6.92 Å². The first kappa shape index (κ1) is 7.53. The normalized spacial score (nSPS) is 39.0. The Morgan fingerprint density at radius 3 is 3.18 bits per heavy atom. The van der Waals surface area contributed by atoms with E-state index in [0.29, 0.717) is 12.1 Å². The topological polar surface area (TPSA) is 24.5 Å². The third kappa shape index (κ3) is 1.41. The molecule has 64 valence electrons. The second kappa shape index (κ2) is 3.09. The summed E-state index contributed by atoms with van der Waals surface area (Å²) < 4.78 is 5.63. The van der Waals surface area contributed by atoms with Crippen LogP contribution in [0.2, 0.25) is 0 Å². The molecule has 2 atom stereocenters. The van der Waals surface area contributed by atoms with Crippen LogP contribution in [0.15, 0.2) is 0 Å². The first-order valence-corrected chi connectivity index (χ1v) is 4.47. The molecule has 0 aromatic rings. The van der Waals surface area contributed by atoms with E-state index in [1.54, 1.807) is 0 Å². The third-order valence-electron chi connectivity index (χ3n) is 2.63. The molecule has 0 spiro atoms. The van der Waals surface area contributed by atoms with E-state index in [4.69, 9.17) is 4.74 Å². The average Bonchev–Trinajstić information content (AvgIpc) is 2.46. The maximum atomic E-state index is 5.63. The lowest BCUT2D eigenvalue weighted by Crippen LogP contribution is -2.47. The van der Waals surface area contributed by atoms with Gasteiger partial charge in [-0.2, -0.15) is 0 Å². The molecule has 0 aromatic heterocycles. The number of likely N-dealkylation sites (tertiary alicyclic amines) is 1. The van der Waals surface area contributed by atoms with Crippen LogP contribution < -0.4 is 5.32 Å². The molecule has 0 unspecified atom stereocenters. The van der Waals surface area contributed by atoms with Crippen molar-refractivity contribution in [1.29, 1.82) is 0 Å². The van der Waals surface area contributed by atoms with Crippen molar-refractivity contribution in [3.05, 3.63) is 0 Å². The zero-order valence-electron chi connectivity index (χ0n) is 7.05. The molecule has 2 rings (SSSR count). The van der Waals surface area contributed by atoms with E-state index in [2.05, 4.69) is 17.1 Å². The molecule has 2 aliphatic heterocycles. The minimum absolute atomic E-state index is 0.462. The van der Waals surface area contributed by atoms with E-state index in [0.717, 1.165) is 26.2 Å². The summed E-state index contributed by atoms with van der Waals surface area (Å²) >= 11 is 0. The van der Waals surface area contributed by atoms with Gasteiger partial charge in [-0.05, 0) is 6.54 Å². The Kier molecular flexibility index (Phi) is 2.11. The molecule has 3 heteroatoms. The van der Waals surface area contributed by atoms with Crippen LogP contribution >= 0.6 is 0 Å². The highest BCUT2D eigenvalue weighted by molar-refractivity contribution is 4.91. The summed E-state index contributed by atoms with van der Waals surface area (Å²) in [7, 11) is 0. The van der Waals surface area contributed by atoms with Crippen LogP contribution in [-0.2, 0) is 4.74 Å². The van der Waals surface area contributed by atoms with Gasteiger partial charge in [0.15, 0.2) is 0 Å². The van der Waals surface area contributed by atoms with Crippen molar-refractivity contribution in [1.82, 2.24) is 10.2 Å². The lowest BCUT2D eigenvalue weighted by Gasteiger charge is -2.25. The number of ether oxygens (including phenoxy) is 1. The molecule has 0 aromatic carbocycles. The van der Waals surface area contributed by atoms with Crippen LogP contribution in [0.25, 0.3) is 0 Å². The fourth-order valence-electron chi connectivity index (χ4n) is 1.93. The smallest absolute Gasteiger partial charge is 0.0867 e. The number of likely N-dealkylation sites (N-methyl/N-ethyl adjacent to an activating group) is 1. The predicted octanol–water partition coefficient (Wildman–Crippen LogP) is -0.321. The predicted molar refractivity (Wildman–Crippen MR) is 43.6 cm³/mol. The molecule has 0 saturated carbocycles. The van der Waals surface area contributed by atoms with Gasteiger partial charge in [0.1, 0.15) is 0 Å². The Hall–Kier alpha value is -0.120. The van der Waals surface area contributed by atoms with Gasteiger partial charge in [-0.25, -0.2) is 0 Å². The second-order valence-electron chi connectivity index (χ2n) is 3.32. The van der Waals surface area contributed by atoms with Crippen molar-refractivity contribution in [3.8, 4) is 0 Å². The molecule has 2 fully saturated rings. The quantitative estimate of drug-likeness (QED) is 0.563. The summed E-state index contributed by atoms with van der Waals surface area (Å²) in [4.78, 5) is 2.44. The Labute approximate surface area is 67.7 Å². The maximum absolute atomic E-state index is 5.63. The van der Waals surface area contributed by atoms with Crippen LogP contribution in [0.5, 0.6) is 0 Å². The highest BCUT2D eigenvalue weighted by Crippen LogP contribution is 2.15. The molecule has 11 heavy (non-hydrogen) atoms. The number of morpholine rings is 1. The van der Waals surface area contributed by atoms with Crippen LogP contribution in [0.3, 0.4) is 0 Å². The molecule has 2 aliphatic rings. The number of nitrogens with one attached hydrogen (secondary N) is 1. The number of rotatable bonds is 1. The van der Waals surface area contributed by atoms with Crippen molar-refractivity contribution >= 4 is 0 Å². The SMILES string of the molecule is CCN1C[C@@H]2NCCO[C@@H]2C1. The number of hydrogen-bond acceptors (Lipinski definition) is 3. The molecular weight excluding hydrogens is 140 g/mol. The van der Waals surface area contributed by atoms with Crippen molar-refractivity contribution in [2.45, 2.75) is 19.1 Å². The highest BCUT2D eigenvalue weighted by atomic mass is 16.5. The third-order valence-corrected chi connectivity index (χ3v) is 2.63. The summed E-state index contributed by atoms with van der Waals surface area (Å²) in [6.07, 6.45) is 0.462. The number of nitrogens with zero attached hydrogens (tertiary/aromatic N) is 1. The fraction of sp³-hybridized carbons (Fsp3) is 1.00. The average molecular weight is 156 g/mol. The molecule has 2 saturated heterocycles. The van der Waals surface area contributed by atoms with Crippen molar-refractivity contribution in [3.63, 3.8) is 0 Å². The number of hydrogen-bond donors (Lipinski definition) is 1. The van der Waals surface area contributed by atoms with Crippen molar-refractivity contribution in [2.24, 2.45) is 0 Å². The van der Waals surface area contributed by atoms with E-state index < -0.39 is 0 Å². The van der Waals surface area contributed by atoms with Gasteiger partial charge < -0.3 is 10.1 Å². The first-order valence-electron chi connectivity index (χ1n) is 4.47. The minimum Gasteiger partial charge on any atom is -0.374 e. The largest absolute Gasteiger partial charge is 0.374 e. The first-order chi connectivity index (χ1) is 5.40. The molecule has 0 amide bonds.